The Bertz CT molecular complexity index is 1700. The maximum atomic E-state index is 13.1. The average molecular weight is 580 g/mol. The molecular formula is C28H29N5O5S2. The lowest BCUT2D eigenvalue weighted by atomic mass is 9.97. The van der Waals surface area contributed by atoms with E-state index < -0.39 is 15.9 Å². The van der Waals surface area contributed by atoms with Crippen molar-refractivity contribution < 1.29 is 18.0 Å². The first-order valence-corrected chi connectivity index (χ1v) is 15.1. The molecule has 4 aromatic rings. The van der Waals surface area contributed by atoms with Crippen molar-refractivity contribution in [2.45, 2.75) is 24.0 Å². The summed E-state index contributed by atoms with van der Waals surface area (Å²) in [5, 5.41) is 7.31. The third kappa shape index (κ3) is 5.37. The molecule has 208 valence electrons. The van der Waals surface area contributed by atoms with Crippen molar-refractivity contribution in [3.63, 3.8) is 0 Å². The zero-order valence-electron chi connectivity index (χ0n) is 22.0. The molecule has 3 heterocycles. The minimum Gasteiger partial charge on any atom is -0.326 e. The van der Waals surface area contributed by atoms with Gasteiger partial charge in [0.05, 0.1) is 11.4 Å². The van der Waals surface area contributed by atoms with Gasteiger partial charge < -0.3 is 10.6 Å². The number of para-hydroxylation sites is 1. The summed E-state index contributed by atoms with van der Waals surface area (Å²) < 4.78 is 30.4. The van der Waals surface area contributed by atoms with Crippen LogP contribution >= 0.6 is 11.3 Å². The van der Waals surface area contributed by atoms with Gasteiger partial charge in [-0.25, -0.2) is 13.1 Å². The third-order valence-electron chi connectivity index (χ3n) is 7.10. The highest BCUT2D eigenvalue weighted by molar-refractivity contribution is 7.91. The Morgan fingerprint density at radius 1 is 0.950 bits per heavy atom. The molecule has 0 unspecified atom stereocenters. The van der Waals surface area contributed by atoms with Crippen LogP contribution < -0.4 is 16.2 Å². The Morgan fingerprint density at radius 2 is 1.68 bits per heavy atom. The monoisotopic (exact) mass is 579 g/mol. The van der Waals surface area contributed by atoms with Gasteiger partial charge in [0.1, 0.15) is 9.90 Å². The molecule has 0 saturated carbocycles. The highest BCUT2D eigenvalue weighted by Crippen LogP contribution is 2.27. The van der Waals surface area contributed by atoms with Crippen LogP contribution in [0.25, 0.3) is 5.69 Å². The van der Waals surface area contributed by atoms with Gasteiger partial charge >= 0.3 is 0 Å². The molecular weight excluding hydrogens is 550 g/mol. The van der Waals surface area contributed by atoms with Crippen LogP contribution in [-0.2, 0) is 21.9 Å². The molecule has 10 nitrogen and oxygen atoms in total. The van der Waals surface area contributed by atoms with Gasteiger partial charge in [0.25, 0.3) is 21.5 Å². The van der Waals surface area contributed by atoms with Crippen LogP contribution in [-0.4, -0.2) is 47.0 Å². The van der Waals surface area contributed by atoms with E-state index >= 15 is 0 Å². The number of amides is 2. The van der Waals surface area contributed by atoms with Gasteiger partial charge in [0.2, 0.25) is 5.91 Å². The zero-order valence-corrected chi connectivity index (χ0v) is 23.7. The SMILES string of the molecule is Cc1c(NC(=O)c2cccc(NC(=O)C3CCN(S(=O)(=O)c4cccs4)CC3)c2)c(=O)n(-c2ccccc2)n1C. The number of benzene rings is 2. The van der Waals surface area contributed by atoms with Crippen molar-refractivity contribution in [2.75, 3.05) is 23.7 Å². The molecule has 1 fully saturated rings. The fourth-order valence-electron chi connectivity index (χ4n) is 4.78. The van der Waals surface area contributed by atoms with Crippen molar-refractivity contribution in [1.29, 1.82) is 0 Å². The lowest BCUT2D eigenvalue weighted by Gasteiger charge is -2.30. The minimum absolute atomic E-state index is 0.176. The summed E-state index contributed by atoms with van der Waals surface area (Å²) in [5.74, 6) is -1.06. The van der Waals surface area contributed by atoms with Gasteiger partial charge in [-0.3, -0.25) is 19.1 Å². The number of nitrogens with zero attached hydrogens (tertiary/aromatic N) is 3. The first-order valence-electron chi connectivity index (χ1n) is 12.8. The number of nitrogens with one attached hydrogen (secondary N) is 2. The Labute approximate surface area is 235 Å². The van der Waals surface area contributed by atoms with Crippen LogP contribution in [0.15, 0.2) is 81.1 Å². The van der Waals surface area contributed by atoms with Crippen LogP contribution in [0.5, 0.6) is 0 Å². The second-order valence-electron chi connectivity index (χ2n) is 9.57. The van der Waals surface area contributed by atoms with Gasteiger partial charge in [0.15, 0.2) is 0 Å². The number of hydrogen-bond acceptors (Lipinski definition) is 6. The van der Waals surface area contributed by atoms with Crippen LogP contribution in [0.4, 0.5) is 11.4 Å². The summed E-state index contributed by atoms with van der Waals surface area (Å²) in [6.45, 7) is 2.28. The molecule has 2 N–H and O–H groups in total. The number of piperidine rings is 1. The molecule has 40 heavy (non-hydrogen) atoms. The van der Waals surface area contributed by atoms with E-state index in [0.717, 1.165) is 0 Å². The van der Waals surface area contributed by atoms with Gasteiger partial charge in [0, 0.05) is 37.3 Å². The molecule has 0 spiro atoms. The van der Waals surface area contributed by atoms with E-state index in [1.807, 2.05) is 30.3 Å². The number of hydrogen-bond donors (Lipinski definition) is 2. The van der Waals surface area contributed by atoms with Crippen molar-refractivity contribution in [3.8, 4) is 5.69 Å². The molecule has 0 bridgehead atoms. The summed E-state index contributed by atoms with van der Waals surface area (Å²) in [6, 6.07) is 18.9. The van der Waals surface area contributed by atoms with E-state index in [2.05, 4.69) is 10.6 Å². The van der Waals surface area contributed by atoms with Crippen molar-refractivity contribution in [3.05, 3.63) is 93.7 Å². The summed E-state index contributed by atoms with van der Waals surface area (Å²) in [5.41, 5.74) is 1.82. The summed E-state index contributed by atoms with van der Waals surface area (Å²) in [6.07, 6.45) is 0.801. The molecule has 1 aliphatic rings. The number of rotatable bonds is 7. The van der Waals surface area contributed by atoms with Gasteiger partial charge in [-0.15, -0.1) is 11.3 Å². The fraction of sp³-hybridized carbons (Fsp3) is 0.250. The number of aromatic nitrogens is 2. The Hall–Kier alpha value is -4.00. The molecule has 12 heteroatoms. The van der Waals surface area contributed by atoms with E-state index in [4.69, 9.17) is 0 Å². The van der Waals surface area contributed by atoms with Gasteiger partial charge in [-0.05, 0) is 61.5 Å². The van der Waals surface area contributed by atoms with Crippen molar-refractivity contribution in [2.24, 2.45) is 13.0 Å². The van der Waals surface area contributed by atoms with E-state index in [1.54, 1.807) is 60.4 Å². The first-order chi connectivity index (χ1) is 19.2. The zero-order chi connectivity index (χ0) is 28.4. The van der Waals surface area contributed by atoms with E-state index in [-0.39, 0.29) is 41.7 Å². The topological polar surface area (TPSA) is 123 Å². The molecule has 2 aromatic carbocycles. The second-order valence-corrected chi connectivity index (χ2v) is 12.7. The summed E-state index contributed by atoms with van der Waals surface area (Å²) in [4.78, 5) is 39.2. The van der Waals surface area contributed by atoms with E-state index in [0.29, 0.717) is 34.1 Å². The summed E-state index contributed by atoms with van der Waals surface area (Å²) in [7, 11) is -1.79. The second kappa shape index (κ2) is 11.2. The molecule has 0 atom stereocenters. The molecule has 2 amide bonds. The number of anilines is 2. The third-order valence-corrected chi connectivity index (χ3v) is 10.4. The Kier molecular flexibility index (Phi) is 7.74. The molecule has 0 radical (unpaired) electrons. The number of thiophene rings is 1. The Morgan fingerprint density at radius 3 is 2.35 bits per heavy atom. The fourth-order valence-corrected chi connectivity index (χ4v) is 7.39. The predicted octanol–water partition coefficient (Wildman–Crippen LogP) is 3.84. The lowest BCUT2D eigenvalue weighted by molar-refractivity contribution is -0.120. The maximum absolute atomic E-state index is 13.1. The number of sulfonamides is 1. The lowest BCUT2D eigenvalue weighted by Crippen LogP contribution is -2.41. The van der Waals surface area contributed by atoms with Crippen LogP contribution in [0.1, 0.15) is 28.9 Å². The van der Waals surface area contributed by atoms with E-state index in [9.17, 15) is 22.8 Å². The smallest absolute Gasteiger partial charge is 0.295 e. The first kappa shape index (κ1) is 27.6. The molecule has 1 aliphatic heterocycles. The maximum Gasteiger partial charge on any atom is 0.295 e. The minimum atomic E-state index is -3.54. The van der Waals surface area contributed by atoms with Crippen LogP contribution in [0.2, 0.25) is 0 Å². The Balaban J connectivity index is 1.24. The standard InChI is InChI=1S/C28H29N5O5S2/c1-19-25(28(36)33(31(19)2)23-10-4-3-5-11-23)30-27(35)21-8-6-9-22(18-21)29-26(34)20-13-15-32(16-14-20)40(37,38)24-12-7-17-39-24/h3-12,17-18,20H,13-16H2,1-2H3,(H,29,34)(H,30,35). The van der Waals surface area contributed by atoms with Gasteiger partial charge in [-0.2, -0.15) is 4.31 Å². The van der Waals surface area contributed by atoms with Gasteiger partial charge in [-0.1, -0.05) is 30.3 Å². The predicted molar refractivity (Wildman–Crippen MR) is 155 cm³/mol. The quantitative estimate of drug-likeness (QED) is 0.345. The van der Waals surface area contributed by atoms with Crippen LogP contribution in [0.3, 0.4) is 0 Å². The number of carbonyl (C=O) groups is 2. The normalized spacial score (nSPS) is 14.7. The summed E-state index contributed by atoms with van der Waals surface area (Å²) >= 11 is 1.18. The van der Waals surface area contributed by atoms with Crippen LogP contribution in [0, 0.1) is 12.8 Å². The number of carbonyl (C=O) groups excluding carboxylic acids is 2. The molecule has 2 aromatic heterocycles. The highest BCUT2D eigenvalue weighted by Gasteiger charge is 2.32. The average Bonchev–Trinajstić information content (AvgIpc) is 3.58. The molecule has 0 aliphatic carbocycles. The largest absolute Gasteiger partial charge is 0.326 e. The molecule has 5 rings (SSSR count). The molecule has 1 saturated heterocycles. The van der Waals surface area contributed by atoms with Crippen molar-refractivity contribution in [1.82, 2.24) is 13.7 Å². The highest BCUT2D eigenvalue weighted by atomic mass is 32.2. The van der Waals surface area contributed by atoms with E-state index in [1.165, 1.54) is 20.3 Å². The van der Waals surface area contributed by atoms with Crippen molar-refractivity contribution >= 4 is 44.5 Å².